The van der Waals surface area contributed by atoms with Crippen molar-refractivity contribution in [2.45, 2.75) is 6.04 Å². The van der Waals surface area contributed by atoms with Gasteiger partial charge in [-0.25, -0.2) is 9.37 Å². The Morgan fingerprint density at radius 1 is 1.17 bits per heavy atom. The van der Waals surface area contributed by atoms with Gasteiger partial charge in [-0.1, -0.05) is 24.3 Å². The number of nitrogens with one attached hydrogen (secondary N) is 1. The van der Waals surface area contributed by atoms with Crippen molar-refractivity contribution in [1.82, 2.24) is 4.98 Å². The SMILES string of the molecule is NC(CF)c1ccc(/C=N/Nc2ccc(-c3cnco3)cc2)cc1. The van der Waals surface area contributed by atoms with E-state index in [4.69, 9.17) is 10.2 Å². The van der Waals surface area contributed by atoms with Gasteiger partial charge in [-0.3, -0.25) is 5.43 Å². The van der Waals surface area contributed by atoms with E-state index in [1.165, 1.54) is 6.39 Å². The summed E-state index contributed by atoms with van der Waals surface area (Å²) in [6.45, 7) is -0.570. The van der Waals surface area contributed by atoms with Gasteiger partial charge in [0.05, 0.1) is 24.1 Å². The molecule has 3 aromatic rings. The van der Waals surface area contributed by atoms with E-state index >= 15 is 0 Å². The fourth-order valence-corrected chi connectivity index (χ4v) is 2.17. The van der Waals surface area contributed by atoms with E-state index in [1.54, 1.807) is 24.5 Å². The van der Waals surface area contributed by atoms with Gasteiger partial charge >= 0.3 is 0 Å². The van der Waals surface area contributed by atoms with Crippen LogP contribution in [0.1, 0.15) is 17.2 Å². The zero-order valence-electron chi connectivity index (χ0n) is 12.9. The molecule has 1 atom stereocenters. The minimum Gasteiger partial charge on any atom is -0.444 e. The van der Waals surface area contributed by atoms with Gasteiger partial charge in [-0.2, -0.15) is 5.10 Å². The van der Waals surface area contributed by atoms with E-state index in [0.717, 1.165) is 28.1 Å². The standard InChI is InChI=1S/C18H17FN4O/c19-9-17(20)14-3-1-13(2-4-14)10-22-23-16-7-5-15(6-8-16)18-11-21-12-24-18/h1-8,10-12,17,23H,9,20H2/b22-10+. The summed E-state index contributed by atoms with van der Waals surface area (Å²) in [4.78, 5) is 3.89. The molecule has 0 aliphatic rings. The summed E-state index contributed by atoms with van der Waals surface area (Å²) in [5, 5.41) is 4.18. The number of alkyl halides is 1. The number of nitrogens with two attached hydrogens (primary N) is 1. The molecule has 0 aliphatic heterocycles. The summed E-state index contributed by atoms with van der Waals surface area (Å²) < 4.78 is 17.8. The van der Waals surface area contributed by atoms with Crippen molar-refractivity contribution in [3.8, 4) is 11.3 Å². The first-order valence-corrected chi connectivity index (χ1v) is 7.46. The number of hydrazone groups is 1. The summed E-state index contributed by atoms with van der Waals surface area (Å²) >= 11 is 0. The number of anilines is 1. The Morgan fingerprint density at radius 3 is 2.54 bits per heavy atom. The molecular formula is C18H17FN4O. The molecule has 1 aromatic heterocycles. The van der Waals surface area contributed by atoms with Crippen molar-refractivity contribution in [3.05, 3.63) is 72.2 Å². The second-order valence-electron chi connectivity index (χ2n) is 5.24. The van der Waals surface area contributed by atoms with Gasteiger partial charge in [0.15, 0.2) is 12.2 Å². The Kier molecular flexibility index (Phi) is 4.98. The van der Waals surface area contributed by atoms with Crippen molar-refractivity contribution in [3.63, 3.8) is 0 Å². The van der Waals surface area contributed by atoms with Gasteiger partial charge in [-0.05, 0) is 35.4 Å². The van der Waals surface area contributed by atoms with Crippen LogP contribution in [0.2, 0.25) is 0 Å². The first-order valence-electron chi connectivity index (χ1n) is 7.46. The van der Waals surface area contributed by atoms with Crippen LogP contribution >= 0.6 is 0 Å². The molecule has 3 N–H and O–H groups in total. The lowest BCUT2D eigenvalue weighted by molar-refractivity contribution is 0.437. The Labute approximate surface area is 139 Å². The summed E-state index contributed by atoms with van der Waals surface area (Å²) in [5.74, 6) is 0.719. The largest absolute Gasteiger partial charge is 0.444 e. The van der Waals surface area contributed by atoms with Crippen LogP contribution in [0, 0.1) is 0 Å². The van der Waals surface area contributed by atoms with Gasteiger partial charge in [-0.15, -0.1) is 0 Å². The number of hydrogen-bond acceptors (Lipinski definition) is 5. The molecule has 5 nitrogen and oxygen atoms in total. The summed E-state index contributed by atoms with van der Waals surface area (Å²) in [5.41, 5.74) is 12.1. The molecule has 0 radical (unpaired) electrons. The molecule has 0 amide bonds. The van der Waals surface area contributed by atoms with Crippen molar-refractivity contribution >= 4 is 11.9 Å². The molecule has 0 bridgehead atoms. The maximum absolute atomic E-state index is 12.5. The molecule has 0 fully saturated rings. The smallest absolute Gasteiger partial charge is 0.181 e. The summed E-state index contributed by atoms with van der Waals surface area (Å²) in [7, 11) is 0. The van der Waals surface area contributed by atoms with Crippen LogP contribution in [-0.4, -0.2) is 17.9 Å². The summed E-state index contributed by atoms with van der Waals surface area (Å²) in [6.07, 6.45) is 4.76. The van der Waals surface area contributed by atoms with Crippen molar-refractivity contribution < 1.29 is 8.81 Å². The Bertz CT molecular complexity index is 783. The van der Waals surface area contributed by atoms with Gasteiger partial charge in [0.2, 0.25) is 0 Å². The quantitative estimate of drug-likeness (QED) is 0.535. The molecule has 0 spiro atoms. The number of aromatic nitrogens is 1. The van der Waals surface area contributed by atoms with Crippen LogP contribution in [0.25, 0.3) is 11.3 Å². The first kappa shape index (κ1) is 15.9. The van der Waals surface area contributed by atoms with E-state index in [-0.39, 0.29) is 0 Å². The zero-order chi connectivity index (χ0) is 16.8. The van der Waals surface area contributed by atoms with E-state index in [0.29, 0.717) is 0 Å². The molecule has 0 aliphatic carbocycles. The van der Waals surface area contributed by atoms with Crippen LogP contribution in [0.4, 0.5) is 10.1 Å². The van der Waals surface area contributed by atoms with Crippen LogP contribution < -0.4 is 11.2 Å². The molecule has 24 heavy (non-hydrogen) atoms. The van der Waals surface area contributed by atoms with Crippen molar-refractivity contribution in [2.24, 2.45) is 10.8 Å². The summed E-state index contributed by atoms with van der Waals surface area (Å²) in [6, 6.07) is 14.4. The predicted molar refractivity (Wildman–Crippen MR) is 92.5 cm³/mol. The minimum absolute atomic E-state index is 0.570. The van der Waals surface area contributed by atoms with E-state index in [1.807, 2.05) is 36.4 Å². The highest BCUT2D eigenvalue weighted by Crippen LogP contribution is 2.20. The topological polar surface area (TPSA) is 76.4 Å². The zero-order valence-corrected chi connectivity index (χ0v) is 12.9. The second kappa shape index (κ2) is 7.52. The molecule has 1 heterocycles. The Hall–Kier alpha value is -2.99. The number of oxazole rings is 1. The highest BCUT2D eigenvalue weighted by Gasteiger charge is 2.04. The molecule has 3 rings (SSSR count). The lowest BCUT2D eigenvalue weighted by Gasteiger charge is -2.06. The molecular weight excluding hydrogens is 307 g/mol. The third-order valence-electron chi connectivity index (χ3n) is 3.54. The van der Waals surface area contributed by atoms with Gasteiger partial charge in [0, 0.05) is 5.56 Å². The lowest BCUT2D eigenvalue weighted by Crippen LogP contribution is -2.11. The van der Waals surface area contributed by atoms with E-state index < -0.39 is 12.7 Å². The number of benzene rings is 2. The minimum atomic E-state index is -0.572. The molecule has 122 valence electrons. The molecule has 0 saturated carbocycles. The monoisotopic (exact) mass is 324 g/mol. The predicted octanol–water partition coefficient (Wildman–Crippen LogP) is 3.76. The lowest BCUT2D eigenvalue weighted by atomic mass is 10.1. The molecule has 0 saturated heterocycles. The average molecular weight is 324 g/mol. The van der Waals surface area contributed by atoms with Crippen LogP contribution in [0.15, 0.2) is 70.6 Å². The second-order valence-corrected chi connectivity index (χ2v) is 5.24. The average Bonchev–Trinajstić information content (AvgIpc) is 3.17. The first-order chi connectivity index (χ1) is 11.8. The maximum atomic E-state index is 12.5. The van der Waals surface area contributed by atoms with E-state index in [2.05, 4.69) is 15.5 Å². The normalized spacial score (nSPS) is 12.4. The number of halogens is 1. The van der Waals surface area contributed by atoms with Crippen LogP contribution in [0.3, 0.4) is 0 Å². The fraction of sp³-hybridized carbons (Fsp3) is 0.111. The molecule has 2 aromatic carbocycles. The molecule has 6 heteroatoms. The van der Waals surface area contributed by atoms with Gasteiger partial charge < -0.3 is 10.2 Å². The Balaban J connectivity index is 1.60. The van der Waals surface area contributed by atoms with Crippen molar-refractivity contribution in [1.29, 1.82) is 0 Å². The third kappa shape index (κ3) is 3.85. The number of rotatable bonds is 6. The third-order valence-corrected chi connectivity index (χ3v) is 3.54. The Morgan fingerprint density at radius 2 is 1.92 bits per heavy atom. The molecule has 1 unspecified atom stereocenters. The van der Waals surface area contributed by atoms with E-state index in [9.17, 15) is 4.39 Å². The van der Waals surface area contributed by atoms with Gasteiger partial charge in [0.25, 0.3) is 0 Å². The van der Waals surface area contributed by atoms with Crippen LogP contribution in [-0.2, 0) is 0 Å². The fourth-order valence-electron chi connectivity index (χ4n) is 2.17. The highest BCUT2D eigenvalue weighted by atomic mass is 19.1. The number of hydrogen-bond donors (Lipinski definition) is 2. The van der Waals surface area contributed by atoms with Crippen LogP contribution in [0.5, 0.6) is 0 Å². The number of nitrogens with zero attached hydrogens (tertiary/aromatic N) is 2. The van der Waals surface area contributed by atoms with Gasteiger partial charge in [0.1, 0.15) is 6.67 Å². The van der Waals surface area contributed by atoms with Crippen molar-refractivity contribution in [2.75, 3.05) is 12.1 Å². The highest BCUT2D eigenvalue weighted by molar-refractivity contribution is 5.80. The maximum Gasteiger partial charge on any atom is 0.181 e.